The lowest BCUT2D eigenvalue weighted by Gasteiger charge is -2.32. The van der Waals surface area contributed by atoms with Crippen LogP contribution in [0.25, 0.3) is 0 Å². The van der Waals surface area contributed by atoms with Gasteiger partial charge in [-0.25, -0.2) is 14.3 Å². The number of H-pyrrole nitrogens is 1. The number of aliphatic imine (C=N–C) groups is 1. The van der Waals surface area contributed by atoms with Gasteiger partial charge < -0.3 is 0 Å². The molecule has 110 valence electrons. The quantitative estimate of drug-likeness (QED) is 0.650. The first-order valence-corrected chi connectivity index (χ1v) is 6.87. The molecule has 0 radical (unpaired) electrons. The van der Waals surface area contributed by atoms with Gasteiger partial charge >= 0.3 is 12.0 Å². The molecule has 1 fully saturated rings. The molecule has 0 aliphatic carbocycles. The number of likely N-dealkylation sites (N-methyl/N-ethyl adjacent to an activating group) is 1. The van der Waals surface area contributed by atoms with Gasteiger partial charge in [-0.3, -0.25) is 14.6 Å². The molecular weight excluding hydrogens is 270 g/mol. The van der Waals surface area contributed by atoms with Gasteiger partial charge in [0.25, 0.3) is 5.91 Å². The van der Waals surface area contributed by atoms with E-state index in [1.807, 2.05) is 31.4 Å². The molecule has 3 heterocycles. The number of aromatic nitrogens is 2. The Morgan fingerprint density at radius 2 is 2.10 bits per heavy atom. The lowest BCUT2D eigenvalue weighted by atomic mass is 10.1. The molecular formula is C14H18N5O2+. The number of aryl methyl sites for hydroxylation is 1. The summed E-state index contributed by atoms with van der Waals surface area (Å²) in [6, 6.07) is -0.897. The second kappa shape index (κ2) is 4.54. The maximum Gasteiger partial charge on any atom is 0.399 e. The summed E-state index contributed by atoms with van der Waals surface area (Å²) in [6.07, 6.45) is 3.62. The highest BCUT2D eigenvalue weighted by atomic mass is 16.2. The number of nitrogens with zero attached hydrogens (tertiary/aromatic N) is 4. The third-order valence-electron chi connectivity index (χ3n) is 4.04. The van der Waals surface area contributed by atoms with E-state index in [0.29, 0.717) is 11.8 Å². The summed E-state index contributed by atoms with van der Waals surface area (Å²) in [7, 11) is 1.65. The molecule has 3 amide bonds. The molecule has 0 spiro atoms. The summed E-state index contributed by atoms with van der Waals surface area (Å²) >= 11 is 0. The normalized spacial score (nSPS) is 21.1. The van der Waals surface area contributed by atoms with E-state index in [9.17, 15) is 9.59 Å². The van der Waals surface area contributed by atoms with Gasteiger partial charge in [0.05, 0.1) is 0 Å². The Morgan fingerprint density at radius 1 is 1.38 bits per heavy atom. The van der Waals surface area contributed by atoms with E-state index in [2.05, 4.69) is 9.98 Å². The smallest absolute Gasteiger partial charge is 0.270 e. The van der Waals surface area contributed by atoms with Crippen LogP contribution in [-0.2, 0) is 4.79 Å². The van der Waals surface area contributed by atoms with E-state index in [0.717, 1.165) is 11.4 Å². The van der Waals surface area contributed by atoms with E-state index < -0.39 is 6.04 Å². The fraction of sp³-hybridized carbons (Fsp3) is 0.429. The SMILES string of the molecule is C/C=C/CN1C(=O)C2C(=Nc3[nH]c(C)c(C)[n+]32)N(C)C1=O. The first-order valence-electron chi connectivity index (χ1n) is 6.87. The molecule has 1 unspecified atom stereocenters. The Bertz CT molecular complexity index is 700. The fourth-order valence-corrected chi connectivity index (χ4v) is 2.72. The van der Waals surface area contributed by atoms with Crippen LogP contribution >= 0.6 is 0 Å². The average molecular weight is 288 g/mol. The van der Waals surface area contributed by atoms with Crippen LogP contribution in [0.3, 0.4) is 0 Å². The highest BCUT2D eigenvalue weighted by Gasteiger charge is 2.52. The number of allylic oxidation sites excluding steroid dienone is 1. The molecule has 1 saturated heterocycles. The van der Waals surface area contributed by atoms with Crippen LogP contribution in [0.4, 0.5) is 10.7 Å². The Balaban J connectivity index is 2.08. The zero-order valence-electron chi connectivity index (χ0n) is 12.5. The van der Waals surface area contributed by atoms with Crippen molar-refractivity contribution in [2.45, 2.75) is 26.8 Å². The lowest BCUT2D eigenvalue weighted by molar-refractivity contribution is -0.682. The highest BCUT2D eigenvalue weighted by molar-refractivity contribution is 6.19. The van der Waals surface area contributed by atoms with Gasteiger partial charge in [-0.05, 0) is 20.8 Å². The van der Waals surface area contributed by atoms with Crippen molar-refractivity contribution >= 4 is 23.7 Å². The molecule has 0 bridgehead atoms. The van der Waals surface area contributed by atoms with Crippen LogP contribution in [-0.4, -0.2) is 46.2 Å². The molecule has 21 heavy (non-hydrogen) atoms. The van der Waals surface area contributed by atoms with Crippen molar-refractivity contribution in [2.24, 2.45) is 4.99 Å². The van der Waals surface area contributed by atoms with Crippen molar-refractivity contribution in [3.8, 4) is 0 Å². The summed E-state index contributed by atoms with van der Waals surface area (Å²) in [4.78, 5) is 35.3. The number of urea groups is 1. The van der Waals surface area contributed by atoms with Crippen LogP contribution in [0, 0.1) is 13.8 Å². The molecule has 2 aliphatic heterocycles. The molecule has 2 aliphatic rings. The van der Waals surface area contributed by atoms with Crippen molar-refractivity contribution in [1.82, 2.24) is 14.8 Å². The Hall–Kier alpha value is -2.44. The van der Waals surface area contributed by atoms with E-state index in [1.54, 1.807) is 13.1 Å². The zero-order valence-corrected chi connectivity index (χ0v) is 12.5. The maximum absolute atomic E-state index is 12.7. The number of rotatable bonds is 2. The van der Waals surface area contributed by atoms with Crippen molar-refractivity contribution in [1.29, 1.82) is 0 Å². The van der Waals surface area contributed by atoms with E-state index in [4.69, 9.17) is 0 Å². The molecule has 1 aromatic rings. The minimum absolute atomic E-state index is 0.235. The third-order valence-corrected chi connectivity index (χ3v) is 4.04. The van der Waals surface area contributed by atoms with Crippen molar-refractivity contribution in [3.63, 3.8) is 0 Å². The summed E-state index contributed by atoms with van der Waals surface area (Å²) in [5.41, 5.74) is 1.93. The maximum atomic E-state index is 12.7. The van der Waals surface area contributed by atoms with Gasteiger partial charge in [0.1, 0.15) is 11.4 Å². The van der Waals surface area contributed by atoms with Gasteiger partial charge in [-0.1, -0.05) is 17.1 Å². The van der Waals surface area contributed by atoms with Crippen molar-refractivity contribution in [2.75, 3.05) is 13.6 Å². The van der Waals surface area contributed by atoms with Crippen LogP contribution in [0.5, 0.6) is 0 Å². The van der Waals surface area contributed by atoms with Crippen LogP contribution < -0.4 is 4.57 Å². The zero-order chi connectivity index (χ0) is 15.3. The number of carbonyl (C=O) groups is 2. The lowest BCUT2D eigenvalue weighted by Crippen LogP contribution is -2.63. The van der Waals surface area contributed by atoms with Crippen LogP contribution in [0.1, 0.15) is 24.4 Å². The number of imidazole rings is 1. The first kappa shape index (κ1) is 13.5. The number of aromatic amines is 1. The van der Waals surface area contributed by atoms with Gasteiger partial charge in [0.2, 0.25) is 11.9 Å². The van der Waals surface area contributed by atoms with E-state index in [-0.39, 0.29) is 18.5 Å². The third kappa shape index (κ3) is 1.73. The summed E-state index contributed by atoms with van der Waals surface area (Å²) in [5, 5.41) is 0. The highest BCUT2D eigenvalue weighted by Crippen LogP contribution is 2.28. The Labute approximate surface area is 122 Å². The molecule has 7 heteroatoms. The fourth-order valence-electron chi connectivity index (χ4n) is 2.72. The number of fused-ring (bicyclic) bond motifs is 3. The minimum atomic E-state index is -0.557. The number of carbonyl (C=O) groups excluding carboxylic acids is 2. The van der Waals surface area contributed by atoms with Gasteiger partial charge in [0.15, 0.2) is 0 Å². The number of amides is 3. The second-order valence-corrected chi connectivity index (χ2v) is 5.26. The van der Waals surface area contributed by atoms with E-state index >= 15 is 0 Å². The number of amidine groups is 1. The topological polar surface area (TPSA) is 72.7 Å². The van der Waals surface area contributed by atoms with E-state index in [1.165, 1.54) is 9.80 Å². The van der Waals surface area contributed by atoms with Gasteiger partial charge in [0, 0.05) is 13.6 Å². The van der Waals surface area contributed by atoms with Crippen molar-refractivity contribution < 1.29 is 14.2 Å². The predicted molar refractivity (Wildman–Crippen MR) is 76.3 cm³/mol. The Morgan fingerprint density at radius 3 is 2.76 bits per heavy atom. The van der Waals surface area contributed by atoms with Crippen LogP contribution in [0.15, 0.2) is 17.1 Å². The van der Waals surface area contributed by atoms with Gasteiger partial charge in [-0.15, -0.1) is 0 Å². The summed E-state index contributed by atoms with van der Waals surface area (Å²) in [5.74, 6) is 0.864. The average Bonchev–Trinajstić information content (AvgIpc) is 2.95. The molecule has 1 aromatic heterocycles. The molecule has 1 atom stereocenters. The molecule has 7 nitrogen and oxygen atoms in total. The number of imide groups is 1. The summed E-state index contributed by atoms with van der Waals surface area (Å²) < 4.78 is 1.86. The van der Waals surface area contributed by atoms with Gasteiger partial charge in [-0.2, -0.15) is 0 Å². The Kier molecular flexibility index (Phi) is 2.93. The number of nitrogens with one attached hydrogen (secondary N) is 1. The standard InChI is InChI=1S/C14H17N5O2/c1-5-6-7-18-12(20)10-11(17(4)14(18)21)16-13-15-8(2)9(3)19(10)13/h5-6,10H,7H2,1-4H3/p+1/b6-5+. The molecule has 0 aromatic carbocycles. The molecule has 3 rings (SSSR count). The predicted octanol–water partition coefficient (Wildman–Crippen LogP) is 0.974. The second-order valence-electron chi connectivity index (χ2n) is 5.26. The monoisotopic (exact) mass is 288 g/mol. The molecule has 0 saturated carbocycles. The molecule has 1 N–H and O–H groups in total. The number of hydrogen-bond donors (Lipinski definition) is 1. The summed E-state index contributed by atoms with van der Waals surface area (Å²) in [6.45, 7) is 6.02. The number of hydrogen-bond acceptors (Lipinski definition) is 3. The largest absolute Gasteiger partial charge is 0.399 e. The minimum Gasteiger partial charge on any atom is -0.270 e. The first-order chi connectivity index (χ1) is 9.97. The van der Waals surface area contributed by atoms with Crippen LogP contribution in [0.2, 0.25) is 0 Å². The van der Waals surface area contributed by atoms with Crippen molar-refractivity contribution in [3.05, 3.63) is 23.5 Å².